The van der Waals surface area contributed by atoms with Crippen LogP contribution in [0.1, 0.15) is 24.6 Å². The van der Waals surface area contributed by atoms with Gasteiger partial charge in [-0.05, 0) is 31.7 Å². The van der Waals surface area contributed by atoms with E-state index in [2.05, 4.69) is 10.2 Å². The highest BCUT2D eigenvalue weighted by Gasteiger charge is 2.17. The first-order chi connectivity index (χ1) is 6.79. The summed E-state index contributed by atoms with van der Waals surface area (Å²) in [5, 5.41) is 8.14. The van der Waals surface area contributed by atoms with Crippen molar-refractivity contribution in [2.45, 2.75) is 32.2 Å². The second kappa shape index (κ2) is 3.92. The van der Waals surface area contributed by atoms with Crippen molar-refractivity contribution in [3.63, 3.8) is 0 Å². The minimum atomic E-state index is 0.265. The number of rotatable bonds is 2. The molecule has 14 heavy (non-hydrogen) atoms. The summed E-state index contributed by atoms with van der Waals surface area (Å²) < 4.78 is 5.29. The number of aryl methyl sites for hydroxylation is 1. The summed E-state index contributed by atoms with van der Waals surface area (Å²) in [7, 11) is 0. The van der Waals surface area contributed by atoms with Crippen molar-refractivity contribution < 1.29 is 4.74 Å². The molecule has 76 valence electrons. The minimum absolute atomic E-state index is 0.265. The van der Waals surface area contributed by atoms with Crippen LogP contribution < -0.4 is 10.5 Å². The second-order valence-electron chi connectivity index (χ2n) is 3.59. The van der Waals surface area contributed by atoms with Crippen molar-refractivity contribution in [2.75, 3.05) is 6.61 Å². The summed E-state index contributed by atoms with van der Waals surface area (Å²) >= 11 is 0. The molecule has 0 saturated carbocycles. The third-order valence-corrected chi connectivity index (χ3v) is 2.46. The summed E-state index contributed by atoms with van der Waals surface area (Å²) in [6.07, 6.45) is 2.84. The highest BCUT2D eigenvalue weighted by atomic mass is 16.5. The van der Waals surface area contributed by atoms with Gasteiger partial charge in [-0.25, -0.2) is 0 Å². The van der Waals surface area contributed by atoms with Gasteiger partial charge in [0.1, 0.15) is 0 Å². The standard InChI is InChI=1S/C10H15N3O/c1-2-14-10-6-7-5-8(11)3-4-9(7)12-13-10/h6,8H,2-5,11H2,1H3. The minimum Gasteiger partial charge on any atom is -0.477 e. The van der Waals surface area contributed by atoms with Crippen molar-refractivity contribution in [3.05, 3.63) is 17.3 Å². The molecule has 0 fully saturated rings. The molecule has 0 radical (unpaired) electrons. The Morgan fingerprint density at radius 2 is 2.43 bits per heavy atom. The average molecular weight is 193 g/mol. The maximum atomic E-state index is 5.88. The van der Waals surface area contributed by atoms with Crippen molar-refractivity contribution in [1.82, 2.24) is 10.2 Å². The van der Waals surface area contributed by atoms with Crippen LogP contribution in [0.15, 0.2) is 6.07 Å². The molecular weight excluding hydrogens is 178 g/mol. The molecule has 1 aromatic heterocycles. The lowest BCUT2D eigenvalue weighted by molar-refractivity contribution is 0.320. The Morgan fingerprint density at radius 3 is 3.21 bits per heavy atom. The Morgan fingerprint density at radius 1 is 1.57 bits per heavy atom. The van der Waals surface area contributed by atoms with Crippen molar-refractivity contribution in [3.8, 4) is 5.88 Å². The lowest BCUT2D eigenvalue weighted by Gasteiger charge is -2.19. The molecule has 1 unspecified atom stereocenters. The number of fused-ring (bicyclic) bond motifs is 1. The summed E-state index contributed by atoms with van der Waals surface area (Å²) in [4.78, 5) is 0. The summed E-state index contributed by atoms with van der Waals surface area (Å²) in [6.45, 7) is 2.56. The Bertz CT molecular complexity index is 327. The number of hydrogen-bond donors (Lipinski definition) is 1. The third kappa shape index (κ3) is 1.85. The molecule has 1 atom stereocenters. The van der Waals surface area contributed by atoms with Gasteiger partial charge >= 0.3 is 0 Å². The Labute approximate surface area is 83.5 Å². The van der Waals surface area contributed by atoms with Gasteiger partial charge in [0.05, 0.1) is 12.3 Å². The number of nitrogens with two attached hydrogens (primary N) is 1. The predicted molar refractivity (Wildman–Crippen MR) is 53.2 cm³/mol. The van der Waals surface area contributed by atoms with Gasteiger partial charge < -0.3 is 10.5 Å². The van der Waals surface area contributed by atoms with E-state index in [0.717, 1.165) is 25.0 Å². The molecule has 0 saturated heterocycles. The van der Waals surface area contributed by atoms with Crippen LogP contribution in [0.2, 0.25) is 0 Å². The monoisotopic (exact) mass is 193 g/mol. The molecule has 0 bridgehead atoms. The molecule has 2 N–H and O–H groups in total. The van der Waals surface area contributed by atoms with Crippen LogP contribution in [0.5, 0.6) is 5.88 Å². The molecule has 0 aromatic carbocycles. The van der Waals surface area contributed by atoms with Gasteiger partial charge in [0.25, 0.3) is 0 Å². The number of nitrogens with zero attached hydrogens (tertiary/aromatic N) is 2. The molecule has 2 rings (SSSR count). The zero-order valence-electron chi connectivity index (χ0n) is 8.36. The van der Waals surface area contributed by atoms with Crippen molar-refractivity contribution in [1.29, 1.82) is 0 Å². The van der Waals surface area contributed by atoms with Gasteiger partial charge in [0.15, 0.2) is 0 Å². The molecular formula is C10H15N3O. The number of hydrogen-bond acceptors (Lipinski definition) is 4. The van der Waals surface area contributed by atoms with E-state index in [1.165, 1.54) is 5.56 Å². The zero-order valence-corrected chi connectivity index (χ0v) is 8.36. The Balaban J connectivity index is 2.24. The summed E-state index contributed by atoms with van der Waals surface area (Å²) in [5.74, 6) is 0.611. The predicted octanol–water partition coefficient (Wildman–Crippen LogP) is 0.691. The maximum absolute atomic E-state index is 5.88. The van der Waals surface area contributed by atoms with Crippen LogP contribution in [0.25, 0.3) is 0 Å². The zero-order chi connectivity index (χ0) is 9.97. The van der Waals surface area contributed by atoms with E-state index in [-0.39, 0.29) is 6.04 Å². The topological polar surface area (TPSA) is 61.0 Å². The van der Waals surface area contributed by atoms with E-state index in [4.69, 9.17) is 10.5 Å². The maximum Gasteiger partial charge on any atom is 0.233 e. The van der Waals surface area contributed by atoms with Crippen LogP contribution in [-0.2, 0) is 12.8 Å². The molecule has 0 aliphatic heterocycles. The largest absolute Gasteiger partial charge is 0.477 e. The number of ether oxygens (including phenoxy) is 1. The van der Waals surface area contributed by atoms with Gasteiger partial charge in [0.2, 0.25) is 5.88 Å². The normalized spacial score (nSPS) is 20.3. The first-order valence-electron chi connectivity index (χ1n) is 5.03. The van der Waals surface area contributed by atoms with E-state index in [1.807, 2.05) is 13.0 Å². The third-order valence-electron chi connectivity index (χ3n) is 2.46. The molecule has 0 amide bonds. The molecule has 1 aliphatic carbocycles. The highest BCUT2D eigenvalue weighted by molar-refractivity contribution is 5.27. The van der Waals surface area contributed by atoms with Crippen LogP contribution in [0.4, 0.5) is 0 Å². The van der Waals surface area contributed by atoms with E-state index in [1.54, 1.807) is 0 Å². The van der Waals surface area contributed by atoms with E-state index in [0.29, 0.717) is 12.5 Å². The van der Waals surface area contributed by atoms with Crippen LogP contribution in [-0.4, -0.2) is 22.8 Å². The summed E-state index contributed by atoms with van der Waals surface area (Å²) in [5.41, 5.74) is 8.16. The Kier molecular flexibility index (Phi) is 2.63. The number of aromatic nitrogens is 2. The van der Waals surface area contributed by atoms with Gasteiger partial charge in [-0.15, -0.1) is 5.10 Å². The lowest BCUT2D eigenvalue weighted by Crippen LogP contribution is -2.28. The average Bonchev–Trinajstić information content (AvgIpc) is 2.17. The van der Waals surface area contributed by atoms with E-state index >= 15 is 0 Å². The molecule has 4 heteroatoms. The van der Waals surface area contributed by atoms with Crippen LogP contribution in [0.3, 0.4) is 0 Å². The summed E-state index contributed by atoms with van der Waals surface area (Å²) in [6, 6.07) is 2.23. The second-order valence-corrected chi connectivity index (χ2v) is 3.59. The van der Waals surface area contributed by atoms with Gasteiger partial charge in [-0.3, -0.25) is 0 Å². The van der Waals surface area contributed by atoms with Crippen LogP contribution >= 0.6 is 0 Å². The lowest BCUT2D eigenvalue weighted by atomic mass is 9.93. The first-order valence-corrected chi connectivity index (χ1v) is 5.03. The van der Waals surface area contributed by atoms with Crippen LogP contribution in [0, 0.1) is 0 Å². The van der Waals surface area contributed by atoms with Gasteiger partial charge in [0, 0.05) is 12.1 Å². The fraction of sp³-hybridized carbons (Fsp3) is 0.600. The van der Waals surface area contributed by atoms with Crippen molar-refractivity contribution >= 4 is 0 Å². The van der Waals surface area contributed by atoms with Gasteiger partial charge in [-0.1, -0.05) is 0 Å². The first kappa shape index (κ1) is 9.40. The van der Waals surface area contributed by atoms with E-state index in [9.17, 15) is 0 Å². The van der Waals surface area contributed by atoms with Gasteiger partial charge in [-0.2, -0.15) is 5.10 Å². The highest BCUT2D eigenvalue weighted by Crippen LogP contribution is 2.20. The Hall–Kier alpha value is -1.16. The molecule has 0 spiro atoms. The van der Waals surface area contributed by atoms with Crippen molar-refractivity contribution in [2.24, 2.45) is 5.73 Å². The van der Waals surface area contributed by atoms with E-state index < -0.39 is 0 Å². The fourth-order valence-electron chi connectivity index (χ4n) is 1.75. The SMILES string of the molecule is CCOc1cc2c(nn1)CCC(N)C2. The quantitative estimate of drug-likeness (QED) is 0.750. The molecule has 1 aromatic rings. The smallest absolute Gasteiger partial charge is 0.233 e. The molecule has 1 aliphatic rings. The molecule has 4 nitrogen and oxygen atoms in total. The fourth-order valence-corrected chi connectivity index (χ4v) is 1.75. The molecule has 1 heterocycles.